The summed E-state index contributed by atoms with van der Waals surface area (Å²) < 4.78 is 0. The Balaban J connectivity index is 2.15. The van der Waals surface area contributed by atoms with Gasteiger partial charge in [0.2, 0.25) is 17.7 Å². The normalized spacial score (nSPS) is 13.6. The van der Waals surface area contributed by atoms with E-state index in [2.05, 4.69) is 20.9 Å². The summed E-state index contributed by atoms with van der Waals surface area (Å²) in [5, 5.41) is 26.3. The van der Waals surface area contributed by atoms with Gasteiger partial charge in [-0.15, -0.1) is 0 Å². The molecule has 0 aliphatic carbocycles. The van der Waals surface area contributed by atoms with E-state index in [1.807, 2.05) is 38.1 Å². The summed E-state index contributed by atoms with van der Waals surface area (Å²) in [5.41, 5.74) is 7.03. The van der Waals surface area contributed by atoms with Crippen LogP contribution in [0.4, 0.5) is 0 Å². The standard InChI is InChI=1S/C23H31N5O7/c1-12(2)7-18(23(34)35)28-22(33)17(8-13-10-25-16-6-4-3-5-14(13)16)27-19(29)11-26-21(32)15(24)9-20(30)31/h3-6,10,12,15,17-18,25H,7-9,11,24H2,1-2H3,(H,26,32)(H,27,29)(H,28,33)(H,30,31)(H,34,35). The van der Waals surface area contributed by atoms with Gasteiger partial charge in [0.05, 0.1) is 19.0 Å². The Bertz CT molecular complexity index is 1080. The van der Waals surface area contributed by atoms with E-state index >= 15 is 0 Å². The number of aromatic amines is 1. The molecule has 3 atom stereocenters. The van der Waals surface area contributed by atoms with Crippen molar-refractivity contribution in [3.8, 4) is 0 Å². The lowest BCUT2D eigenvalue weighted by atomic mass is 10.0. The van der Waals surface area contributed by atoms with Gasteiger partial charge in [-0.2, -0.15) is 0 Å². The molecule has 0 bridgehead atoms. The van der Waals surface area contributed by atoms with Crippen molar-refractivity contribution in [2.45, 2.75) is 51.2 Å². The van der Waals surface area contributed by atoms with Crippen molar-refractivity contribution in [2.75, 3.05) is 6.54 Å². The summed E-state index contributed by atoms with van der Waals surface area (Å²) in [7, 11) is 0. The van der Waals surface area contributed by atoms with Gasteiger partial charge in [-0.25, -0.2) is 4.79 Å². The number of carbonyl (C=O) groups excluding carboxylic acids is 3. The summed E-state index contributed by atoms with van der Waals surface area (Å²) >= 11 is 0. The average molecular weight is 490 g/mol. The number of benzene rings is 1. The predicted octanol–water partition coefficient (Wildman–Crippen LogP) is -0.271. The van der Waals surface area contributed by atoms with Crippen LogP contribution < -0.4 is 21.7 Å². The second-order valence-corrected chi connectivity index (χ2v) is 8.63. The van der Waals surface area contributed by atoms with Crippen molar-refractivity contribution < 1.29 is 34.2 Å². The summed E-state index contributed by atoms with van der Waals surface area (Å²) in [4.78, 5) is 62.8. The van der Waals surface area contributed by atoms with E-state index in [1.54, 1.807) is 6.20 Å². The minimum absolute atomic E-state index is 0.00304. The maximum absolute atomic E-state index is 13.0. The smallest absolute Gasteiger partial charge is 0.326 e. The molecule has 1 aromatic heterocycles. The lowest BCUT2D eigenvalue weighted by Crippen LogP contribution is -2.54. The van der Waals surface area contributed by atoms with Crippen LogP contribution >= 0.6 is 0 Å². The Morgan fingerprint density at radius 2 is 1.69 bits per heavy atom. The first-order valence-electron chi connectivity index (χ1n) is 11.1. The minimum Gasteiger partial charge on any atom is -0.481 e. The predicted molar refractivity (Wildman–Crippen MR) is 126 cm³/mol. The number of hydrogen-bond donors (Lipinski definition) is 7. The van der Waals surface area contributed by atoms with E-state index < -0.39 is 60.8 Å². The lowest BCUT2D eigenvalue weighted by Gasteiger charge is -2.22. The third-order valence-corrected chi connectivity index (χ3v) is 5.23. The number of aliphatic carboxylic acids is 2. The number of nitrogens with one attached hydrogen (secondary N) is 4. The van der Waals surface area contributed by atoms with Crippen LogP contribution in [0.1, 0.15) is 32.3 Å². The zero-order chi connectivity index (χ0) is 26.1. The van der Waals surface area contributed by atoms with E-state index in [4.69, 9.17) is 10.8 Å². The number of aromatic nitrogens is 1. The fraction of sp³-hybridized carbons (Fsp3) is 0.435. The van der Waals surface area contributed by atoms with Crippen molar-refractivity contribution in [1.82, 2.24) is 20.9 Å². The number of amides is 3. The van der Waals surface area contributed by atoms with E-state index in [9.17, 15) is 29.1 Å². The Kier molecular flexibility index (Phi) is 9.76. The number of fused-ring (bicyclic) bond motifs is 1. The molecule has 0 saturated carbocycles. The molecule has 0 radical (unpaired) electrons. The van der Waals surface area contributed by atoms with Crippen molar-refractivity contribution in [3.05, 3.63) is 36.0 Å². The number of H-pyrrole nitrogens is 1. The number of para-hydroxylation sites is 1. The summed E-state index contributed by atoms with van der Waals surface area (Å²) in [6.45, 7) is 3.11. The summed E-state index contributed by atoms with van der Waals surface area (Å²) in [6, 6.07) is 3.76. The highest BCUT2D eigenvalue weighted by molar-refractivity contribution is 5.94. The largest absolute Gasteiger partial charge is 0.481 e. The molecule has 190 valence electrons. The number of carboxylic acid groups (broad SMARTS) is 2. The molecule has 12 nitrogen and oxygen atoms in total. The molecule has 1 heterocycles. The molecule has 2 aromatic rings. The molecule has 8 N–H and O–H groups in total. The topological polar surface area (TPSA) is 204 Å². The second-order valence-electron chi connectivity index (χ2n) is 8.63. The first-order valence-corrected chi connectivity index (χ1v) is 11.1. The van der Waals surface area contributed by atoms with Crippen molar-refractivity contribution >= 4 is 40.6 Å². The monoisotopic (exact) mass is 489 g/mol. The van der Waals surface area contributed by atoms with Crippen LogP contribution in [0, 0.1) is 5.92 Å². The van der Waals surface area contributed by atoms with E-state index in [-0.39, 0.29) is 18.8 Å². The summed E-state index contributed by atoms with van der Waals surface area (Å²) in [6.07, 6.45) is 1.35. The molecule has 1 aromatic carbocycles. The summed E-state index contributed by atoms with van der Waals surface area (Å²) in [5.74, 6) is -4.70. The van der Waals surface area contributed by atoms with Crippen molar-refractivity contribution in [2.24, 2.45) is 11.7 Å². The van der Waals surface area contributed by atoms with Gasteiger partial charge in [-0.05, 0) is 24.0 Å². The highest BCUT2D eigenvalue weighted by atomic mass is 16.4. The molecule has 12 heteroatoms. The van der Waals surface area contributed by atoms with Crippen molar-refractivity contribution in [1.29, 1.82) is 0 Å². The first kappa shape index (κ1) is 27.3. The average Bonchev–Trinajstić information content (AvgIpc) is 3.18. The fourth-order valence-electron chi connectivity index (χ4n) is 3.52. The maximum Gasteiger partial charge on any atom is 0.326 e. The van der Waals surface area contributed by atoms with Crippen LogP contribution in [-0.2, 0) is 30.4 Å². The highest BCUT2D eigenvalue weighted by Gasteiger charge is 2.28. The van der Waals surface area contributed by atoms with Gasteiger partial charge in [0.15, 0.2) is 0 Å². The molecule has 3 amide bonds. The van der Waals surface area contributed by atoms with Gasteiger partial charge in [-0.3, -0.25) is 19.2 Å². The van der Waals surface area contributed by atoms with Crippen LogP contribution in [0.5, 0.6) is 0 Å². The minimum atomic E-state index is -1.34. The van der Waals surface area contributed by atoms with Crippen LogP contribution in [0.25, 0.3) is 10.9 Å². The SMILES string of the molecule is CC(C)CC(NC(=O)C(Cc1c[nH]c2ccccc12)NC(=O)CNC(=O)C(N)CC(=O)O)C(=O)O. The van der Waals surface area contributed by atoms with E-state index in [0.29, 0.717) is 0 Å². The van der Waals surface area contributed by atoms with E-state index in [0.717, 1.165) is 16.5 Å². The quantitative estimate of drug-likeness (QED) is 0.199. The molecular weight excluding hydrogens is 458 g/mol. The maximum atomic E-state index is 13.0. The Morgan fingerprint density at radius 3 is 2.31 bits per heavy atom. The third-order valence-electron chi connectivity index (χ3n) is 5.23. The zero-order valence-electron chi connectivity index (χ0n) is 19.5. The molecular formula is C23H31N5O7. The van der Waals surface area contributed by atoms with Crippen LogP contribution in [0.3, 0.4) is 0 Å². The molecule has 0 fully saturated rings. The molecule has 0 spiro atoms. The molecule has 35 heavy (non-hydrogen) atoms. The second kappa shape index (κ2) is 12.5. The highest BCUT2D eigenvalue weighted by Crippen LogP contribution is 2.19. The molecule has 3 unspecified atom stereocenters. The number of rotatable bonds is 13. The van der Waals surface area contributed by atoms with E-state index in [1.165, 1.54) is 0 Å². The van der Waals surface area contributed by atoms with Crippen LogP contribution in [-0.4, -0.2) is 69.5 Å². The number of carboxylic acids is 2. The fourth-order valence-corrected chi connectivity index (χ4v) is 3.52. The number of carbonyl (C=O) groups is 5. The molecule has 0 aliphatic heterocycles. The van der Waals surface area contributed by atoms with Gasteiger partial charge >= 0.3 is 11.9 Å². The molecule has 2 rings (SSSR count). The zero-order valence-corrected chi connectivity index (χ0v) is 19.5. The Hall–Kier alpha value is -3.93. The van der Waals surface area contributed by atoms with Gasteiger partial charge in [-0.1, -0.05) is 32.0 Å². The third kappa shape index (κ3) is 8.41. The Morgan fingerprint density at radius 1 is 1.00 bits per heavy atom. The van der Waals surface area contributed by atoms with Crippen molar-refractivity contribution in [3.63, 3.8) is 0 Å². The van der Waals surface area contributed by atoms with Gasteiger partial charge in [0, 0.05) is 23.5 Å². The van der Waals surface area contributed by atoms with Crippen LogP contribution in [0.15, 0.2) is 30.5 Å². The van der Waals surface area contributed by atoms with Gasteiger partial charge in [0.25, 0.3) is 0 Å². The van der Waals surface area contributed by atoms with Gasteiger partial charge in [0.1, 0.15) is 12.1 Å². The van der Waals surface area contributed by atoms with Crippen LogP contribution in [0.2, 0.25) is 0 Å². The van der Waals surface area contributed by atoms with Gasteiger partial charge < -0.3 is 36.9 Å². The molecule has 0 saturated heterocycles. The molecule has 0 aliphatic rings. The number of hydrogen-bond acceptors (Lipinski definition) is 6. The first-order chi connectivity index (χ1) is 16.5. The number of nitrogens with two attached hydrogens (primary N) is 1. The lowest BCUT2D eigenvalue weighted by molar-refractivity contribution is -0.142. The Labute approximate surface area is 201 Å².